The van der Waals surface area contributed by atoms with Crippen LogP contribution in [0.1, 0.15) is 55.3 Å². The van der Waals surface area contributed by atoms with E-state index >= 15 is 0 Å². The summed E-state index contributed by atoms with van der Waals surface area (Å²) in [5.41, 5.74) is 0.471. The van der Waals surface area contributed by atoms with Crippen LogP contribution in [0.5, 0.6) is 11.5 Å². The first kappa shape index (κ1) is 26.9. The molecule has 4 rings (SSSR count). The number of likely N-dealkylation sites (tertiary alicyclic amines) is 1. The van der Waals surface area contributed by atoms with Gasteiger partial charge in [0.25, 0.3) is 5.91 Å². The monoisotopic (exact) mass is 512 g/mol. The van der Waals surface area contributed by atoms with Gasteiger partial charge >= 0.3 is 0 Å². The van der Waals surface area contributed by atoms with Crippen LogP contribution in [0, 0.1) is 11.2 Å². The number of halogens is 1. The molecular weight excluding hydrogens is 475 g/mol. The Morgan fingerprint density at radius 3 is 2.65 bits per heavy atom. The van der Waals surface area contributed by atoms with Crippen LogP contribution in [0.2, 0.25) is 0 Å². The molecule has 1 saturated heterocycles. The van der Waals surface area contributed by atoms with E-state index in [1.165, 1.54) is 6.07 Å². The summed E-state index contributed by atoms with van der Waals surface area (Å²) < 4.78 is 31.1. The summed E-state index contributed by atoms with van der Waals surface area (Å²) in [6.45, 7) is 3.79. The van der Waals surface area contributed by atoms with Crippen molar-refractivity contribution in [3.05, 3.63) is 59.9 Å². The molecule has 37 heavy (non-hydrogen) atoms. The Labute approximate surface area is 218 Å². The molecule has 1 N–H and O–H groups in total. The standard InChI is InChI=1S/C29H37FN2O5/c30-24-9-2-4-11-26(24)36-20-7-12-27(33)32-17-14-29(15-18-32)13-5-6-19-35-21-16-31-28(34)23-8-1-3-10-25(23)37-22-29/h1-4,8-11H,5-7,12-22H2,(H,31,34). The molecule has 2 aliphatic rings. The largest absolute Gasteiger partial charge is 0.492 e. The molecule has 1 spiro atoms. The SMILES string of the molecule is O=C1NCCOCCCCC2(CCN(C(=O)CCCOc3ccccc3F)CC2)COc2ccccc21. The van der Waals surface area contributed by atoms with Crippen molar-refractivity contribution in [1.82, 2.24) is 10.2 Å². The zero-order chi connectivity index (χ0) is 25.9. The van der Waals surface area contributed by atoms with Gasteiger partial charge in [0.2, 0.25) is 5.91 Å². The fraction of sp³-hybridized carbons (Fsp3) is 0.517. The zero-order valence-electron chi connectivity index (χ0n) is 21.4. The van der Waals surface area contributed by atoms with Crippen molar-refractivity contribution in [1.29, 1.82) is 0 Å². The highest BCUT2D eigenvalue weighted by molar-refractivity contribution is 5.96. The Bertz CT molecular complexity index is 1040. The van der Waals surface area contributed by atoms with E-state index in [4.69, 9.17) is 14.2 Å². The van der Waals surface area contributed by atoms with Crippen LogP contribution in [-0.2, 0) is 9.53 Å². The maximum Gasteiger partial charge on any atom is 0.255 e. The number of ether oxygens (including phenoxy) is 3. The molecule has 0 atom stereocenters. The second-order valence-electron chi connectivity index (χ2n) is 9.87. The Hall–Kier alpha value is -3.13. The van der Waals surface area contributed by atoms with Gasteiger partial charge in [0.1, 0.15) is 5.75 Å². The predicted octanol–water partition coefficient (Wildman–Crippen LogP) is 4.60. The zero-order valence-corrected chi connectivity index (χ0v) is 21.4. The summed E-state index contributed by atoms with van der Waals surface area (Å²) in [6.07, 6.45) is 5.58. The van der Waals surface area contributed by atoms with E-state index < -0.39 is 5.82 Å². The smallest absolute Gasteiger partial charge is 0.255 e. The predicted molar refractivity (Wildman–Crippen MR) is 138 cm³/mol. The van der Waals surface area contributed by atoms with Crippen molar-refractivity contribution >= 4 is 11.8 Å². The molecule has 8 heteroatoms. The number of hydrogen-bond donors (Lipinski definition) is 1. The highest BCUT2D eigenvalue weighted by atomic mass is 19.1. The first-order valence-electron chi connectivity index (χ1n) is 13.3. The van der Waals surface area contributed by atoms with Gasteiger partial charge in [-0.05, 0) is 56.4 Å². The summed E-state index contributed by atoms with van der Waals surface area (Å²) in [4.78, 5) is 27.4. The molecule has 0 saturated carbocycles. The van der Waals surface area contributed by atoms with E-state index in [0.29, 0.717) is 70.2 Å². The van der Waals surface area contributed by atoms with Gasteiger partial charge in [0.05, 0.1) is 25.4 Å². The molecule has 2 aromatic carbocycles. The number of hydrogen-bond acceptors (Lipinski definition) is 5. The number of piperidine rings is 1. The second-order valence-corrected chi connectivity index (χ2v) is 9.87. The Balaban J connectivity index is 1.31. The van der Waals surface area contributed by atoms with Crippen LogP contribution in [0.4, 0.5) is 4.39 Å². The molecular formula is C29H37FN2O5. The third kappa shape index (κ3) is 7.68. The fourth-order valence-electron chi connectivity index (χ4n) is 4.97. The van der Waals surface area contributed by atoms with E-state index in [2.05, 4.69) is 5.32 Å². The number of rotatable bonds is 5. The van der Waals surface area contributed by atoms with Crippen molar-refractivity contribution < 1.29 is 28.2 Å². The van der Waals surface area contributed by atoms with Crippen molar-refractivity contribution in [2.24, 2.45) is 5.41 Å². The highest BCUT2D eigenvalue weighted by Gasteiger charge is 2.36. The van der Waals surface area contributed by atoms with Crippen LogP contribution >= 0.6 is 0 Å². The molecule has 7 nitrogen and oxygen atoms in total. The van der Waals surface area contributed by atoms with Crippen molar-refractivity contribution in [3.63, 3.8) is 0 Å². The van der Waals surface area contributed by atoms with Crippen molar-refractivity contribution in [2.75, 3.05) is 46.1 Å². The number of nitrogens with one attached hydrogen (secondary N) is 1. The Kier molecular flexibility index (Phi) is 9.77. The number of fused-ring (bicyclic) bond motifs is 1. The van der Waals surface area contributed by atoms with Gasteiger partial charge < -0.3 is 24.4 Å². The average Bonchev–Trinajstić information content (AvgIpc) is 2.92. The maximum atomic E-state index is 13.7. The van der Waals surface area contributed by atoms with Crippen LogP contribution in [0.3, 0.4) is 0 Å². The minimum absolute atomic E-state index is 0.0571. The molecule has 0 bridgehead atoms. The molecule has 200 valence electrons. The van der Waals surface area contributed by atoms with E-state index in [1.54, 1.807) is 24.3 Å². The second kappa shape index (κ2) is 13.4. The lowest BCUT2D eigenvalue weighted by atomic mass is 9.75. The molecule has 0 aromatic heterocycles. The van der Waals surface area contributed by atoms with Crippen LogP contribution in [0.25, 0.3) is 0 Å². The Morgan fingerprint density at radius 2 is 1.81 bits per heavy atom. The molecule has 2 aromatic rings. The van der Waals surface area contributed by atoms with E-state index in [1.807, 2.05) is 23.1 Å². The number of para-hydroxylation sites is 2. The lowest BCUT2D eigenvalue weighted by molar-refractivity contribution is -0.134. The summed E-state index contributed by atoms with van der Waals surface area (Å²) in [6, 6.07) is 13.6. The van der Waals surface area contributed by atoms with Crippen LogP contribution < -0.4 is 14.8 Å². The summed E-state index contributed by atoms with van der Waals surface area (Å²) in [5.74, 6) is 0.350. The minimum atomic E-state index is -0.393. The van der Waals surface area contributed by atoms with Gasteiger partial charge in [-0.25, -0.2) is 4.39 Å². The number of carbonyl (C=O) groups excluding carboxylic acids is 2. The first-order valence-corrected chi connectivity index (χ1v) is 13.3. The summed E-state index contributed by atoms with van der Waals surface area (Å²) >= 11 is 0. The van der Waals surface area contributed by atoms with Gasteiger partial charge in [0, 0.05) is 38.1 Å². The number of amides is 2. The number of nitrogens with zero attached hydrogens (tertiary/aromatic N) is 1. The quantitative estimate of drug-likeness (QED) is 0.593. The molecule has 0 aliphatic carbocycles. The van der Waals surface area contributed by atoms with Crippen molar-refractivity contribution in [3.8, 4) is 11.5 Å². The normalized spacial score (nSPS) is 18.7. The molecule has 2 aliphatic heterocycles. The summed E-state index contributed by atoms with van der Waals surface area (Å²) in [7, 11) is 0. The maximum absolute atomic E-state index is 13.7. The van der Waals surface area contributed by atoms with Gasteiger partial charge in [-0.3, -0.25) is 9.59 Å². The third-order valence-corrected chi connectivity index (χ3v) is 7.25. The van der Waals surface area contributed by atoms with Crippen LogP contribution in [-0.4, -0.2) is 62.8 Å². The Morgan fingerprint density at radius 1 is 1.03 bits per heavy atom. The number of carbonyl (C=O) groups is 2. The lowest BCUT2D eigenvalue weighted by Crippen LogP contribution is -2.45. The van der Waals surface area contributed by atoms with Gasteiger partial charge in [-0.2, -0.15) is 0 Å². The third-order valence-electron chi connectivity index (χ3n) is 7.25. The topological polar surface area (TPSA) is 77.1 Å². The van der Waals surface area contributed by atoms with Gasteiger partial charge in [-0.1, -0.05) is 30.7 Å². The van der Waals surface area contributed by atoms with E-state index in [9.17, 15) is 14.0 Å². The molecule has 0 radical (unpaired) electrons. The lowest BCUT2D eigenvalue weighted by Gasteiger charge is -2.42. The highest BCUT2D eigenvalue weighted by Crippen LogP contribution is 2.38. The van der Waals surface area contributed by atoms with E-state index in [-0.39, 0.29) is 23.0 Å². The summed E-state index contributed by atoms with van der Waals surface area (Å²) in [5, 5.41) is 2.90. The molecule has 2 amide bonds. The number of benzene rings is 2. The van der Waals surface area contributed by atoms with Gasteiger partial charge in [-0.15, -0.1) is 0 Å². The van der Waals surface area contributed by atoms with Crippen molar-refractivity contribution in [2.45, 2.75) is 44.9 Å². The van der Waals surface area contributed by atoms with E-state index in [0.717, 1.165) is 32.1 Å². The van der Waals surface area contributed by atoms with Crippen LogP contribution in [0.15, 0.2) is 48.5 Å². The average molecular weight is 513 g/mol. The molecule has 0 unspecified atom stereocenters. The first-order chi connectivity index (χ1) is 18.1. The fourth-order valence-corrected chi connectivity index (χ4v) is 4.97. The molecule has 2 heterocycles. The minimum Gasteiger partial charge on any atom is -0.492 e. The van der Waals surface area contributed by atoms with Gasteiger partial charge in [0.15, 0.2) is 11.6 Å². The molecule has 1 fully saturated rings.